The van der Waals surface area contributed by atoms with Gasteiger partial charge in [-0.3, -0.25) is 0 Å². The summed E-state index contributed by atoms with van der Waals surface area (Å²) in [6.45, 7) is 1.53. The third kappa shape index (κ3) is 3.27. The normalized spacial score (nSPS) is 19.2. The van der Waals surface area contributed by atoms with Gasteiger partial charge in [-0.15, -0.1) is 0 Å². The molecule has 1 N–H and O–H groups in total. The standard InChI is InChI=1S/C13H16BrFO2/c14-13-10(2-1-3-11(13)15)12(16)8-9-4-6-17-7-5-9/h1-3,9,12,16H,4-8H2. The van der Waals surface area contributed by atoms with Crippen LogP contribution in [0.2, 0.25) is 0 Å². The van der Waals surface area contributed by atoms with Crippen molar-refractivity contribution < 1.29 is 14.2 Å². The molecule has 1 fully saturated rings. The molecular weight excluding hydrogens is 287 g/mol. The van der Waals surface area contributed by atoms with Crippen LogP contribution in [-0.2, 0) is 4.74 Å². The van der Waals surface area contributed by atoms with Gasteiger partial charge < -0.3 is 9.84 Å². The summed E-state index contributed by atoms with van der Waals surface area (Å²) in [5, 5.41) is 10.1. The predicted octanol–water partition coefficient (Wildman–Crippen LogP) is 3.44. The zero-order valence-electron chi connectivity index (χ0n) is 9.53. The topological polar surface area (TPSA) is 29.5 Å². The minimum absolute atomic E-state index is 0.325. The Labute approximate surface area is 109 Å². The highest BCUT2D eigenvalue weighted by Gasteiger charge is 2.21. The van der Waals surface area contributed by atoms with Crippen LogP contribution in [0.3, 0.4) is 0 Å². The van der Waals surface area contributed by atoms with Crippen molar-refractivity contribution in [3.8, 4) is 0 Å². The second-order valence-corrected chi connectivity index (χ2v) is 5.24. The maximum Gasteiger partial charge on any atom is 0.137 e. The average molecular weight is 303 g/mol. The third-order valence-electron chi connectivity index (χ3n) is 3.24. The number of aliphatic hydroxyl groups excluding tert-OH is 1. The number of rotatable bonds is 3. The van der Waals surface area contributed by atoms with Gasteiger partial charge in [-0.2, -0.15) is 0 Å². The van der Waals surface area contributed by atoms with E-state index in [4.69, 9.17) is 4.74 Å². The predicted molar refractivity (Wildman–Crippen MR) is 67.2 cm³/mol. The van der Waals surface area contributed by atoms with Crippen molar-refractivity contribution in [2.75, 3.05) is 13.2 Å². The largest absolute Gasteiger partial charge is 0.388 e. The number of hydrogen-bond donors (Lipinski definition) is 1. The highest BCUT2D eigenvalue weighted by molar-refractivity contribution is 9.10. The average Bonchev–Trinajstić information content (AvgIpc) is 2.34. The molecule has 2 nitrogen and oxygen atoms in total. The first-order valence-electron chi connectivity index (χ1n) is 5.88. The molecule has 17 heavy (non-hydrogen) atoms. The Morgan fingerprint density at radius 1 is 1.41 bits per heavy atom. The molecule has 0 aliphatic carbocycles. The third-order valence-corrected chi connectivity index (χ3v) is 4.07. The van der Waals surface area contributed by atoms with Gasteiger partial charge in [0, 0.05) is 13.2 Å². The lowest BCUT2D eigenvalue weighted by Crippen LogP contribution is -2.18. The van der Waals surface area contributed by atoms with E-state index >= 15 is 0 Å². The van der Waals surface area contributed by atoms with E-state index in [1.165, 1.54) is 6.07 Å². The highest BCUT2D eigenvalue weighted by atomic mass is 79.9. The molecule has 0 aromatic heterocycles. The first-order valence-corrected chi connectivity index (χ1v) is 6.67. The smallest absolute Gasteiger partial charge is 0.137 e. The molecule has 1 aromatic rings. The van der Waals surface area contributed by atoms with E-state index in [-0.39, 0.29) is 5.82 Å². The Balaban J connectivity index is 2.03. The molecule has 2 rings (SSSR count). The van der Waals surface area contributed by atoms with E-state index in [2.05, 4.69) is 15.9 Å². The van der Waals surface area contributed by atoms with E-state index < -0.39 is 6.10 Å². The molecule has 1 heterocycles. The Morgan fingerprint density at radius 3 is 2.82 bits per heavy atom. The minimum atomic E-state index is -0.608. The fraction of sp³-hybridized carbons (Fsp3) is 0.538. The van der Waals surface area contributed by atoms with Gasteiger partial charge in [-0.05, 0) is 52.7 Å². The molecule has 1 aliphatic rings. The van der Waals surface area contributed by atoms with E-state index in [1.807, 2.05) is 0 Å². The van der Waals surface area contributed by atoms with Crippen molar-refractivity contribution in [1.29, 1.82) is 0 Å². The maximum atomic E-state index is 13.3. The first kappa shape index (κ1) is 13.0. The van der Waals surface area contributed by atoms with Crippen LogP contribution < -0.4 is 0 Å². The van der Waals surface area contributed by atoms with Crippen LogP contribution in [0.4, 0.5) is 4.39 Å². The first-order chi connectivity index (χ1) is 8.18. The van der Waals surface area contributed by atoms with Crippen LogP contribution in [-0.4, -0.2) is 18.3 Å². The lowest BCUT2D eigenvalue weighted by atomic mass is 9.91. The second kappa shape index (κ2) is 5.94. The Bertz CT molecular complexity index is 378. The van der Waals surface area contributed by atoms with Crippen molar-refractivity contribution in [2.45, 2.75) is 25.4 Å². The second-order valence-electron chi connectivity index (χ2n) is 4.45. The number of halogens is 2. The molecule has 1 atom stereocenters. The van der Waals surface area contributed by atoms with Gasteiger partial charge in [0.25, 0.3) is 0 Å². The van der Waals surface area contributed by atoms with Gasteiger partial charge in [-0.1, -0.05) is 12.1 Å². The van der Waals surface area contributed by atoms with E-state index in [0.717, 1.165) is 26.1 Å². The van der Waals surface area contributed by atoms with Crippen molar-refractivity contribution in [3.05, 3.63) is 34.1 Å². The van der Waals surface area contributed by atoms with Gasteiger partial charge in [0.2, 0.25) is 0 Å². The Morgan fingerprint density at radius 2 is 2.12 bits per heavy atom. The summed E-state index contributed by atoms with van der Waals surface area (Å²) in [5.74, 6) is 0.141. The number of ether oxygens (including phenoxy) is 1. The molecule has 0 spiro atoms. The van der Waals surface area contributed by atoms with Crippen LogP contribution in [0.25, 0.3) is 0 Å². The fourth-order valence-corrected chi connectivity index (χ4v) is 2.73. The van der Waals surface area contributed by atoms with Gasteiger partial charge in [0.15, 0.2) is 0 Å². The highest BCUT2D eigenvalue weighted by Crippen LogP contribution is 2.32. The molecule has 94 valence electrons. The lowest BCUT2D eigenvalue weighted by Gasteiger charge is -2.24. The zero-order chi connectivity index (χ0) is 12.3. The van der Waals surface area contributed by atoms with Crippen LogP contribution in [0, 0.1) is 11.7 Å². The Hall–Kier alpha value is -0.450. The molecule has 1 saturated heterocycles. The number of hydrogen-bond acceptors (Lipinski definition) is 2. The number of benzene rings is 1. The minimum Gasteiger partial charge on any atom is -0.388 e. The van der Waals surface area contributed by atoms with Crippen molar-refractivity contribution in [3.63, 3.8) is 0 Å². The van der Waals surface area contributed by atoms with Gasteiger partial charge in [-0.25, -0.2) is 4.39 Å². The SMILES string of the molecule is OC(CC1CCOCC1)c1cccc(F)c1Br. The van der Waals surface area contributed by atoms with E-state index in [9.17, 15) is 9.50 Å². The molecule has 4 heteroatoms. The monoisotopic (exact) mass is 302 g/mol. The van der Waals surface area contributed by atoms with Gasteiger partial charge in [0.05, 0.1) is 10.6 Å². The molecule has 0 amide bonds. The Kier molecular flexibility index (Phi) is 4.54. The summed E-state index contributed by atoms with van der Waals surface area (Å²) in [7, 11) is 0. The summed E-state index contributed by atoms with van der Waals surface area (Å²) in [6, 6.07) is 4.77. The molecule has 1 aliphatic heterocycles. The van der Waals surface area contributed by atoms with Crippen molar-refractivity contribution >= 4 is 15.9 Å². The van der Waals surface area contributed by atoms with Crippen LogP contribution in [0.15, 0.2) is 22.7 Å². The molecule has 0 saturated carbocycles. The molecular formula is C13H16BrFO2. The van der Waals surface area contributed by atoms with E-state index in [1.54, 1.807) is 12.1 Å². The zero-order valence-corrected chi connectivity index (χ0v) is 11.1. The van der Waals surface area contributed by atoms with Crippen LogP contribution in [0.5, 0.6) is 0 Å². The summed E-state index contributed by atoms with van der Waals surface area (Å²) >= 11 is 3.19. The van der Waals surface area contributed by atoms with E-state index in [0.29, 0.717) is 22.4 Å². The van der Waals surface area contributed by atoms with Crippen LogP contribution >= 0.6 is 15.9 Å². The van der Waals surface area contributed by atoms with Crippen LogP contribution in [0.1, 0.15) is 30.9 Å². The molecule has 0 bridgehead atoms. The molecule has 1 aromatic carbocycles. The van der Waals surface area contributed by atoms with Crippen molar-refractivity contribution in [2.24, 2.45) is 5.92 Å². The van der Waals surface area contributed by atoms with Crippen molar-refractivity contribution in [1.82, 2.24) is 0 Å². The maximum absolute atomic E-state index is 13.3. The van der Waals surface area contributed by atoms with Gasteiger partial charge in [0.1, 0.15) is 5.82 Å². The summed E-state index contributed by atoms with van der Waals surface area (Å²) < 4.78 is 19.0. The fourth-order valence-electron chi connectivity index (χ4n) is 2.20. The molecule has 1 unspecified atom stereocenters. The summed E-state index contributed by atoms with van der Waals surface area (Å²) in [6.07, 6.45) is 2.02. The molecule has 0 radical (unpaired) electrons. The summed E-state index contributed by atoms with van der Waals surface area (Å²) in [5.41, 5.74) is 0.636. The number of aliphatic hydroxyl groups is 1. The van der Waals surface area contributed by atoms with Gasteiger partial charge >= 0.3 is 0 Å². The summed E-state index contributed by atoms with van der Waals surface area (Å²) in [4.78, 5) is 0. The lowest BCUT2D eigenvalue weighted by molar-refractivity contribution is 0.0433. The quantitative estimate of drug-likeness (QED) is 0.927.